The summed E-state index contributed by atoms with van der Waals surface area (Å²) in [6, 6.07) is 9.78. The van der Waals surface area contributed by atoms with Gasteiger partial charge in [-0.2, -0.15) is 0 Å². The largest absolute Gasteiger partial charge is 0.504 e. The van der Waals surface area contributed by atoms with E-state index in [9.17, 15) is 19.8 Å². The van der Waals surface area contributed by atoms with Gasteiger partial charge in [-0.05, 0) is 50.2 Å². The van der Waals surface area contributed by atoms with Crippen LogP contribution in [0.2, 0.25) is 0 Å². The Balaban J connectivity index is 1.90. The number of phenols is 1. The zero-order valence-electron chi connectivity index (χ0n) is 19.0. The maximum Gasteiger partial charge on any atom is 0.227 e. The summed E-state index contributed by atoms with van der Waals surface area (Å²) >= 11 is 1.62. The molecule has 33 heavy (non-hydrogen) atoms. The van der Waals surface area contributed by atoms with Crippen LogP contribution in [0, 0.1) is 6.92 Å². The number of aromatic hydroxyl groups is 2. The molecule has 1 aromatic carbocycles. The highest BCUT2D eigenvalue weighted by molar-refractivity contribution is 7.10. The lowest BCUT2D eigenvalue weighted by molar-refractivity contribution is -0.121. The molecular weight excluding hydrogens is 444 g/mol. The van der Waals surface area contributed by atoms with Crippen LogP contribution in [0.5, 0.6) is 17.2 Å². The molecule has 2 heterocycles. The third-order valence-corrected chi connectivity index (χ3v) is 6.35. The molecule has 0 aliphatic heterocycles. The monoisotopic (exact) mass is 472 g/mol. The van der Waals surface area contributed by atoms with E-state index in [0.717, 1.165) is 4.88 Å². The molecule has 0 aliphatic rings. The minimum absolute atomic E-state index is 0.00599. The Labute approximate surface area is 196 Å². The molecule has 2 aromatic heterocycles. The fraction of sp³-hybridized carbons (Fsp3) is 0.333. The van der Waals surface area contributed by atoms with E-state index in [4.69, 9.17) is 9.15 Å². The number of aryl methyl sites for hydroxylation is 1. The average Bonchev–Trinajstić information content (AvgIpc) is 3.29. The predicted molar refractivity (Wildman–Crippen MR) is 126 cm³/mol. The molecule has 0 saturated carbocycles. The highest BCUT2D eigenvalue weighted by atomic mass is 32.1. The number of benzene rings is 1. The third kappa shape index (κ3) is 5.74. The molecule has 0 radical (unpaired) electrons. The second-order valence-corrected chi connectivity index (χ2v) is 8.90. The normalized spacial score (nSPS) is 13.0. The maximum atomic E-state index is 13.0. The molecule has 176 valence electrons. The van der Waals surface area contributed by atoms with Gasteiger partial charge in [0.05, 0.1) is 19.1 Å². The van der Waals surface area contributed by atoms with Crippen molar-refractivity contribution < 1.29 is 24.2 Å². The Bertz CT molecular complexity index is 1160. The molecule has 2 atom stereocenters. The first-order valence-electron chi connectivity index (χ1n) is 10.4. The van der Waals surface area contributed by atoms with Gasteiger partial charge in [0, 0.05) is 23.9 Å². The number of ether oxygens (including phenoxy) is 1. The van der Waals surface area contributed by atoms with Gasteiger partial charge in [-0.1, -0.05) is 12.1 Å². The second-order valence-electron chi connectivity index (χ2n) is 7.92. The summed E-state index contributed by atoms with van der Waals surface area (Å²) in [4.78, 5) is 28.3. The molecule has 3 aromatic rings. The highest BCUT2D eigenvalue weighted by Crippen LogP contribution is 2.37. The van der Waals surface area contributed by atoms with E-state index >= 15 is 0 Å². The lowest BCUT2D eigenvalue weighted by atomic mass is 9.91. The minimum Gasteiger partial charge on any atom is -0.504 e. The number of thiophene rings is 1. The van der Waals surface area contributed by atoms with Gasteiger partial charge in [-0.15, -0.1) is 11.3 Å². The molecule has 8 nitrogen and oxygen atoms in total. The van der Waals surface area contributed by atoms with Crippen LogP contribution in [-0.2, 0) is 4.79 Å². The summed E-state index contributed by atoms with van der Waals surface area (Å²) in [7, 11) is 5.31. The standard InChI is InChI=1S/C24H28N2O6S/c1-14-10-19(28)23(30)24(32-14)16(15-7-8-18(27)20(11-15)31-4)12-22(29)25-13-17(26(2)3)21-6-5-9-33-21/h5-11,16-17,27,30H,12-13H2,1-4H3,(H,25,29)/t16-,17+/m0/s1. The molecule has 1 amide bonds. The first-order chi connectivity index (χ1) is 15.7. The van der Waals surface area contributed by atoms with Crippen molar-refractivity contribution in [3.63, 3.8) is 0 Å². The number of carbonyl (C=O) groups excluding carboxylic acids is 1. The molecule has 0 saturated heterocycles. The van der Waals surface area contributed by atoms with E-state index in [-0.39, 0.29) is 35.6 Å². The summed E-state index contributed by atoms with van der Waals surface area (Å²) in [6.07, 6.45) is -0.0848. The van der Waals surface area contributed by atoms with Gasteiger partial charge in [-0.3, -0.25) is 9.59 Å². The van der Waals surface area contributed by atoms with E-state index in [1.807, 2.05) is 36.5 Å². The highest BCUT2D eigenvalue weighted by Gasteiger charge is 2.27. The molecule has 0 fully saturated rings. The van der Waals surface area contributed by atoms with Crippen molar-refractivity contribution in [3.8, 4) is 17.2 Å². The topological polar surface area (TPSA) is 112 Å². The zero-order valence-corrected chi connectivity index (χ0v) is 19.8. The molecule has 9 heteroatoms. The molecule has 3 rings (SSSR count). The van der Waals surface area contributed by atoms with Gasteiger partial charge in [-0.25, -0.2) is 0 Å². The van der Waals surface area contributed by atoms with Gasteiger partial charge in [0.2, 0.25) is 17.1 Å². The van der Waals surface area contributed by atoms with Crippen LogP contribution in [-0.4, -0.2) is 48.8 Å². The quantitative estimate of drug-likeness (QED) is 0.438. The van der Waals surface area contributed by atoms with Gasteiger partial charge in [0.15, 0.2) is 17.3 Å². The number of methoxy groups -OCH3 is 1. The Morgan fingerprint density at radius 3 is 2.64 bits per heavy atom. The summed E-state index contributed by atoms with van der Waals surface area (Å²) in [6.45, 7) is 1.99. The summed E-state index contributed by atoms with van der Waals surface area (Å²) < 4.78 is 10.9. The van der Waals surface area contributed by atoms with E-state index in [0.29, 0.717) is 17.9 Å². The second kappa shape index (κ2) is 10.5. The Kier molecular flexibility index (Phi) is 7.78. The third-order valence-electron chi connectivity index (χ3n) is 5.37. The zero-order chi connectivity index (χ0) is 24.1. The van der Waals surface area contributed by atoms with Gasteiger partial charge in [0.25, 0.3) is 0 Å². The van der Waals surface area contributed by atoms with Crippen molar-refractivity contribution in [1.29, 1.82) is 0 Å². The molecule has 3 N–H and O–H groups in total. The van der Waals surface area contributed by atoms with Crippen LogP contribution in [0.4, 0.5) is 0 Å². The lowest BCUT2D eigenvalue weighted by Crippen LogP contribution is -2.34. The van der Waals surface area contributed by atoms with E-state index in [1.54, 1.807) is 30.4 Å². The number of rotatable bonds is 9. The molecule has 0 aliphatic carbocycles. The molecular formula is C24H28N2O6S. The number of likely N-dealkylation sites (N-methyl/N-ethyl adjacent to an activating group) is 1. The first kappa shape index (κ1) is 24.3. The number of carbonyl (C=O) groups is 1. The number of nitrogens with zero attached hydrogens (tertiary/aromatic N) is 1. The van der Waals surface area contributed by atoms with Crippen LogP contribution < -0.4 is 15.5 Å². The number of hydrogen-bond acceptors (Lipinski definition) is 8. The van der Waals surface area contributed by atoms with Crippen molar-refractivity contribution >= 4 is 17.2 Å². The van der Waals surface area contributed by atoms with Crippen LogP contribution in [0.3, 0.4) is 0 Å². The summed E-state index contributed by atoms with van der Waals surface area (Å²) in [5.74, 6) is -1.15. The van der Waals surface area contributed by atoms with Gasteiger partial charge < -0.3 is 29.6 Å². The van der Waals surface area contributed by atoms with Gasteiger partial charge in [0.1, 0.15) is 5.76 Å². The fourth-order valence-corrected chi connectivity index (χ4v) is 4.54. The van der Waals surface area contributed by atoms with Crippen LogP contribution in [0.15, 0.2) is 51.0 Å². The van der Waals surface area contributed by atoms with Crippen LogP contribution >= 0.6 is 11.3 Å². The van der Waals surface area contributed by atoms with E-state index in [2.05, 4.69) is 5.32 Å². The van der Waals surface area contributed by atoms with Crippen molar-refractivity contribution in [3.05, 3.63) is 74.0 Å². The lowest BCUT2D eigenvalue weighted by Gasteiger charge is -2.24. The van der Waals surface area contributed by atoms with Crippen molar-refractivity contribution in [2.75, 3.05) is 27.7 Å². The van der Waals surface area contributed by atoms with E-state index < -0.39 is 17.1 Å². The molecule has 0 unspecified atom stereocenters. The van der Waals surface area contributed by atoms with Crippen LogP contribution in [0.1, 0.15) is 40.3 Å². The number of hydrogen-bond donors (Lipinski definition) is 3. The smallest absolute Gasteiger partial charge is 0.227 e. The first-order valence-corrected chi connectivity index (χ1v) is 11.3. The van der Waals surface area contributed by atoms with Crippen molar-refractivity contribution in [1.82, 2.24) is 10.2 Å². The van der Waals surface area contributed by atoms with Crippen molar-refractivity contribution in [2.24, 2.45) is 0 Å². The predicted octanol–water partition coefficient (Wildman–Crippen LogP) is 3.37. The number of amides is 1. The Morgan fingerprint density at radius 2 is 2.00 bits per heavy atom. The van der Waals surface area contributed by atoms with E-state index in [1.165, 1.54) is 19.2 Å². The number of nitrogens with one attached hydrogen (secondary N) is 1. The molecule has 0 bridgehead atoms. The van der Waals surface area contributed by atoms with Crippen molar-refractivity contribution in [2.45, 2.75) is 25.3 Å². The Morgan fingerprint density at radius 1 is 1.24 bits per heavy atom. The van der Waals surface area contributed by atoms with Crippen LogP contribution in [0.25, 0.3) is 0 Å². The Hall–Kier alpha value is -3.30. The maximum absolute atomic E-state index is 13.0. The SMILES string of the molecule is COc1cc([C@H](CC(=O)NC[C@H](c2cccs2)N(C)C)c2oc(C)cc(=O)c2O)ccc1O. The average molecular weight is 473 g/mol. The molecule has 0 spiro atoms. The number of phenolic OH excluding ortho intramolecular Hbond substituents is 1. The summed E-state index contributed by atoms with van der Waals surface area (Å²) in [5, 5.41) is 25.4. The summed E-state index contributed by atoms with van der Waals surface area (Å²) in [5.41, 5.74) is -0.0402. The van der Waals surface area contributed by atoms with Gasteiger partial charge >= 0.3 is 0 Å². The fourth-order valence-electron chi connectivity index (χ4n) is 3.62. The minimum atomic E-state index is -0.772.